The summed E-state index contributed by atoms with van der Waals surface area (Å²) in [7, 11) is -3.92. The van der Waals surface area contributed by atoms with Gasteiger partial charge in [0.05, 0.1) is 0 Å². The van der Waals surface area contributed by atoms with Crippen molar-refractivity contribution in [1.29, 1.82) is 0 Å². The van der Waals surface area contributed by atoms with Gasteiger partial charge >= 0.3 is 5.97 Å². The van der Waals surface area contributed by atoms with E-state index < -0.39 is 21.9 Å². The minimum atomic E-state index is -3.92. The highest BCUT2D eigenvalue weighted by Gasteiger charge is 2.20. The molecule has 21 heavy (non-hydrogen) atoms. The number of carbonyl (C=O) groups is 2. The van der Waals surface area contributed by atoms with Crippen LogP contribution in [0.25, 0.3) is 0 Å². The number of rotatable bonds is 8. The monoisotopic (exact) mass is 318 g/mol. The van der Waals surface area contributed by atoms with E-state index in [9.17, 15) is 18.0 Å². The Hall–Kier alpha value is -1.87. The molecule has 118 valence electrons. The van der Waals surface area contributed by atoms with E-state index in [0.29, 0.717) is 25.8 Å². The molecule has 1 aromatic rings. The van der Waals surface area contributed by atoms with E-state index in [1.54, 1.807) is 0 Å². The van der Waals surface area contributed by atoms with E-state index in [4.69, 9.17) is 14.7 Å². The van der Waals surface area contributed by atoms with E-state index in [1.807, 2.05) is 0 Å². The number of nitrogens with two attached hydrogens (primary N) is 1. The SMILES string of the molecule is Cc1oc(C(=O)NCCCCCC(=O)O)cc1S(N)(=O)=O. The highest BCUT2D eigenvalue weighted by molar-refractivity contribution is 7.89. The molecule has 0 saturated heterocycles. The number of carboxylic acid groups (broad SMARTS) is 1. The molecule has 1 rings (SSSR count). The number of aryl methyl sites for hydroxylation is 1. The molecule has 0 saturated carbocycles. The van der Waals surface area contributed by atoms with Crippen molar-refractivity contribution in [2.75, 3.05) is 6.54 Å². The van der Waals surface area contributed by atoms with Crippen LogP contribution in [0.2, 0.25) is 0 Å². The molecule has 0 aliphatic carbocycles. The number of carbonyl (C=O) groups excluding carboxylic acids is 1. The number of furan rings is 1. The molecule has 0 atom stereocenters. The van der Waals surface area contributed by atoms with Crippen LogP contribution in [0.4, 0.5) is 0 Å². The van der Waals surface area contributed by atoms with Crippen molar-refractivity contribution in [2.45, 2.75) is 37.5 Å². The first-order chi connectivity index (χ1) is 9.71. The number of primary sulfonamides is 1. The van der Waals surface area contributed by atoms with E-state index in [-0.39, 0.29) is 22.8 Å². The van der Waals surface area contributed by atoms with Crippen LogP contribution >= 0.6 is 0 Å². The molecule has 0 bridgehead atoms. The van der Waals surface area contributed by atoms with E-state index in [2.05, 4.69) is 5.32 Å². The van der Waals surface area contributed by atoms with Crippen LogP contribution < -0.4 is 10.5 Å². The van der Waals surface area contributed by atoms with Crippen LogP contribution in [0.1, 0.15) is 42.0 Å². The first-order valence-corrected chi connectivity index (χ1v) is 7.89. The summed E-state index contributed by atoms with van der Waals surface area (Å²) >= 11 is 0. The topological polar surface area (TPSA) is 140 Å². The van der Waals surface area contributed by atoms with Gasteiger partial charge in [-0.1, -0.05) is 6.42 Å². The van der Waals surface area contributed by atoms with E-state index in [0.717, 1.165) is 6.07 Å². The molecule has 1 amide bonds. The summed E-state index contributed by atoms with van der Waals surface area (Å²) in [6, 6.07) is 1.09. The Morgan fingerprint density at radius 3 is 2.52 bits per heavy atom. The Morgan fingerprint density at radius 2 is 2.00 bits per heavy atom. The Balaban J connectivity index is 2.45. The Bertz CT molecular complexity index is 620. The third kappa shape index (κ3) is 5.56. The number of carboxylic acids is 1. The van der Waals surface area contributed by atoms with Gasteiger partial charge in [0, 0.05) is 19.0 Å². The van der Waals surface area contributed by atoms with Crippen LogP contribution in [-0.4, -0.2) is 31.9 Å². The summed E-state index contributed by atoms with van der Waals surface area (Å²) in [6.45, 7) is 1.76. The molecule has 0 spiro atoms. The van der Waals surface area contributed by atoms with Crippen LogP contribution in [0.3, 0.4) is 0 Å². The average Bonchev–Trinajstić information content (AvgIpc) is 2.75. The fraction of sp³-hybridized carbons (Fsp3) is 0.500. The first kappa shape index (κ1) is 17.2. The maximum absolute atomic E-state index is 11.7. The Labute approximate surface area is 122 Å². The Kier molecular flexibility index (Phi) is 5.91. The molecule has 9 heteroatoms. The van der Waals surface area contributed by atoms with Crippen molar-refractivity contribution < 1.29 is 27.5 Å². The summed E-state index contributed by atoms with van der Waals surface area (Å²) in [5.41, 5.74) is 0. The largest absolute Gasteiger partial charge is 0.481 e. The van der Waals surface area contributed by atoms with E-state index >= 15 is 0 Å². The highest BCUT2D eigenvalue weighted by atomic mass is 32.2. The van der Waals surface area contributed by atoms with Crippen molar-refractivity contribution >= 4 is 21.9 Å². The van der Waals surface area contributed by atoms with Crippen molar-refractivity contribution in [3.05, 3.63) is 17.6 Å². The molecule has 8 nitrogen and oxygen atoms in total. The molecule has 0 unspecified atom stereocenters. The van der Waals surface area contributed by atoms with Crippen molar-refractivity contribution in [3.8, 4) is 0 Å². The zero-order valence-corrected chi connectivity index (χ0v) is 12.4. The number of nitrogens with one attached hydrogen (secondary N) is 1. The highest BCUT2D eigenvalue weighted by Crippen LogP contribution is 2.18. The summed E-state index contributed by atoms with van der Waals surface area (Å²) in [5, 5.41) is 16.0. The lowest BCUT2D eigenvalue weighted by Crippen LogP contribution is -2.24. The molecular weight excluding hydrogens is 300 g/mol. The molecular formula is C12H18N2O6S. The minimum absolute atomic E-state index is 0.0594. The maximum Gasteiger partial charge on any atom is 0.303 e. The van der Waals surface area contributed by atoms with Crippen LogP contribution in [-0.2, 0) is 14.8 Å². The van der Waals surface area contributed by atoms with Crippen molar-refractivity contribution in [2.24, 2.45) is 5.14 Å². The lowest BCUT2D eigenvalue weighted by Gasteiger charge is -2.02. The maximum atomic E-state index is 11.7. The third-order valence-electron chi connectivity index (χ3n) is 2.76. The smallest absolute Gasteiger partial charge is 0.303 e. The molecule has 4 N–H and O–H groups in total. The third-order valence-corrected chi connectivity index (χ3v) is 3.77. The molecule has 0 radical (unpaired) electrons. The van der Waals surface area contributed by atoms with Gasteiger partial charge in [0.1, 0.15) is 10.7 Å². The summed E-state index contributed by atoms with van der Waals surface area (Å²) in [5.74, 6) is -1.45. The second-order valence-electron chi connectivity index (χ2n) is 4.54. The van der Waals surface area contributed by atoms with Gasteiger partial charge in [-0.25, -0.2) is 13.6 Å². The predicted molar refractivity (Wildman–Crippen MR) is 73.3 cm³/mol. The van der Waals surface area contributed by atoms with Crippen LogP contribution in [0.5, 0.6) is 0 Å². The number of sulfonamides is 1. The molecule has 0 aliphatic rings. The quantitative estimate of drug-likeness (QED) is 0.600. The van der Waals surface area contributed by atoms with Crippen molar-refractivity contribution in [1.82, 2.24) is 5.32 Å². The second-order valence-corrected chi connectivity index (χ2v) is 6.07. The molecule has 0 fully saturated rings. The van der Waals surface area contributed by atoms with Gasteiger partial charge in [-0.15, -0.1) is 0 Å². The fourth-order valence-corrected chi connectivity index (χ4v) is 2.44. The molecule has 0 aliphatic heterocycles. The van der Waals surface area contributed by atoms with Gasteiger partial charge in [-0.3, -0.25) is 9.59 Å². The summed E-state index contributed by atoms with van der Waals surface area (Å²) < 4.78 is 27.5. The zero-order valence-electron chi connectivity index (χ0n) is 11.6. The number of aliphatic carboxylic acids is 1. The predicted octanol–water partition coefficient (Wildman–Crippen LogP) is 0.610. The molecule has 0 aromatic carbocycles. The molecule has 1 aromatic heterocycles. The number of unbranched alkanes of at least 4 members (excludes halogenated alkanes) is 2. The lowest BCUT2D eigenvalue weighted by molar-refractivity contribution is -0.137. The van der Waals surface area contributed by atoms with Gasteiger partial charge in [-0.05, 0) is 19.8 Å². The van der Waals surface area contributed by atoms with Gasteiger partial charge < -0.3 is 14.8 Å². The van der Waals surface area contributed by atoms with Gasteiger partial charge in [0.2, 0.25) is 10.0 Å². The fourth-order valence-electron chi connectivity index (χ4n) is 1.73. The second kappa shape index (κ2) is 7.23. The van der Waals surface area contributed by atoms with Crippen molar-refractivity contribution in [3.63, 3.8) is 0 Å². The Morgan fingerprint density at radius 1 is 1.33 bits per heavy atom. The number of amides is 1. The van der Waals surface area contributed by atoms with Crippen LogP contribution in [0.15, 0.2) is 15.4 Å². The van der Waals surface area contributed by atoms with Gasteiger partial charge in [-0.2, -0.15) is 0 Å². The van der Waals surface area contributed by atoms with Crippen LogP contribution in [0, 0.1) is 6.92 Å². The van der Waals surface area contributed by atoms with E-state index in [1.165, 1.54) is 6.92 Å². The van der Waals surface area contributed by atoms with Gasteiger partial charge in [0.25, 0.3) is 5.91 Å². The summed E-state index contributed by atoms with van der Waals surface area (Å²) in [4.78, 5) is 21.8. The number of hydrogen-bond donors (Lipinski definition) is 3. The standard InChI is InChI=1S/C12H18N2O6S/c1-8-10(21(13,18)19)7-9(20-8)12(17)14-6-4-2-3-5-11(15)16/h7H,2-6H2,1H3,(H,14,17)(H,15,16)(H2,13,18,19). The first-order valence-electron chi connectivity index (χ1n) is 6.35. The average molecular weight is 318 g/mol. The minimum Gasteiger partial charge on any atom is -0.481 e. The number of hydrogen-bond acceptors (Lipinski definition) is 5. The zero-order chi connectivity index (χ0) is 16.0. The lowest BCUT2D eigenvalue weighted by atomic mass is 10.2. The van der Waals surface area contributed by atoms with Gasteiger partial charge in [0.15, 0.2) is 5.76 Å². The summed E-state index contributed by atoms with van der Waals surface area (Å²) in [6.07, 6.45) is 1.94. The molecule has 1 heterocycles. The normalized spacial score (nSPS) is 11.3.